The van der Waals surface area contributed by atoms with Crippen LogP contribution in [0.3, 0.4) is 0 Å². The average Bonchev–Trinajstić information content (AvgIpc) is 3.14. The molecule has 0 aliphatic carbocycles. The number of rotatable bonds is 2. The summed E-state index contributed by atoms with van der Waals surface area (Å²) in [5.74, 6) is -2.38. The van der Waals surface area contributed by atoms with E-state index in [9.17, 15) is 8.78 Å². The fourth-order valence-electron chi connectivity index (χ4n) is 2.96. The molecule has 4 rings (SSSR count). The number of thiocarbonyl (C=S) groups is 1. The number of piperidine rings is 1. The van der Waals surface area contributed by atoms with Gasteiger partial charge in [0, 0.05) is 60.3 Å². The van der Waals surface area contributed by atoms with E-state index < -0.39 is 5.92 Å². The lowest BCUT2D eigenvalue weighted by atomic mass is 10.1. The highest BCUT2D eigenvalue weighted by atomic mass is 32.1. The maximum absolute atomic E-state index is 12.4. The average molecular weight is 398 g/mol. The summed E-state index contributed by atoms with van der Waals surface area (Å²) in [5, 5.41) is 11.5. The van der Waals surface area contributed by atoms with Crippen LogP contribution in [0, 0.1) is 11.3 Å². The van der Waals surface area contributed by atoms with E-state index in [0.717, 1.165) is 22.3 Å². The monoisotopic (exact) mass is 398 g/mol. The van der Waals surface area contributed by atoms with Gasteiger partial charge in [-0.05, 0) is 43.4 Å². The molecule has 144 valence electrons. The van der Waals surface area contributed by atoms with E-state index >= 15 is 0 Å². The van der Waals surface area contributed by atoms with Crippen LogP contribution >= 0.6 is 12.2 Å². The molecule has 2 aromatic heterocycles. The van der Waals surface area contributed by atoms with Gasteiger partial charge in [-0.3, -0.25) is 0 Å². The van der Waals surface area contributed by atoms with Crippen LogP contribution in [-0.2, 0) is 0 Å². The van der Waals surface area contributed by atoms with Crippen molar-refractivity contribution in [3.63, 3.8) is 0 Å². The molecular weight excluding hydrogens is 378 g/mol. The van der Waals surface area contributed by atoms with E-state index in [1.807, 2.05) is 47.0 Å². The Bertz CT molecular complexity index is 995. The molecule has 1 aliphatic heterocycles. The lowest BCUT2D eigenvalue weighted by Gasteiger charge is -2.28. The van der Waals surface area contributed by atoms with Crippen LogP contribution in [-0.4, -0.2) is 45.9 Å². The van der Waals surface area contributed by atoms with Crippen molar-refractivity contribution in [3.8, 4) is 11.8 Å². The summed E-state index contributed by atoms with van der Waals surface area (Å²) >= 11 is 4.91. The highest BCUT2D eigenvalue weighted by Crippen LogP contribution is 2.26. The summed E-state index contributed by atoms with van der Waals surface area (Å²) in [5.41, 5.74) is 3.44. The fourth-order valence-corrected chi connectivity index (χ4v) is 3.08. The van der Waals surface area contributed by atoms with Crippen molar-refractivity contribution in [3.05, 3.63) is 59.9 Å². The quantitative estimate of drug-likeness (QED) is 0.592. The van der Waals surface area contributed by atoms with Gasteiger partial charge in [0.15, 0.2) is 0 Å². The largest absolute Gasteiger partial charge is 0.306 e. The number of pyridine rings is 1. The summed E-state index contributed by atoms with van der Waals surface area (Å²) < 4.78 is 26.7. The number of alkyl halides is 2. The van der Waals surface area contributed by atoms with Crippen molar-refractivity contribution in [2.24, 2.45) is 0 Å². The Morgan fingerprint density at radius 1 is 1.18 bits per heavy atom. The van der Waals surface area contributed by atoms with E-state index in [0.29, 0.717) is 18.7 Å². The minimum atomic E-state index is -2.38. The Kier molecular flexibility index (Phi) is 6.12. The molecule has 1 aromatic carbocycles. The lowest BCUT2D eigenvalue weighted by Crippen LogP contribution is -2.36. The van der Waals surface area contributed by atoms with Crippen LogP contribution in [0.2, 0.25) is 0 Å². The van der Waals surface area contributed by atoms with Gasteiger partial charge in [-0.25, -0.2) is 13.8 Å². The Balaban J connectivity index is 0.000000211. The Labute approximate surface area is 168 Å². The summed E-state index contributed by atoms with van der Waals surface area (Å²) in [7, 11) is 1.87. The van der Waals surface area contributed by atoms with Crippen LogP contribution < -0.4 is 0 Å². The Morgan fingerprint density at radius 3 is 2.43 bits per heavy atom. The normalized spacial score (nSPS) is 16.1. The summed E-state index contributed by atoms with van der Waals surface area (Å²) in [6, 6.07) is 13.5. The van der Waals surface area contributed by atoms with E-state index in [2.05, 4.69) is 11.1 Å². The second-order valence-corrected chi connectivity index (χ2v) is 7.04. The van der Waals surface area contributed by atoms with Crippen molar-refractivity contribution in [1.82, 2.24) is 14.5 Å². The zero-order valence-electron chi connectivity index (χ0n) is 15.5. The molecule has 0 bridgehead atoms. The first-order chi connectivity index (χ1) is 13.4. The van der Waals surface area contributed by atoms with Gasteiger partial charge in [0.25, 0.3) is 5.92 Å². The van der Waals surface area contributed by atoms with Crippen LogP contribution in [0.15, 0.2) is 48.8 Å². The molecular formula is C21H20F2N4S. The van der Waals surface area contributed by atoms with E-state index in [-0.39, 0.29) is 12.8 Å². The fraction of sp³-hybridized carbons (Fsp3) is 0.286. The van der Waals surface area contributed by atoms with Gasteiger partial charge in [0.2, 0.25) is 0 Å². The van der Waals surface area contributed by atoms with Crippen molar-refractivity contribution in [1.29, 1.82) is 5.26 Å². The highest BCUT2D eigenvalue weighted by Gasteiger charge is 2.32. The van der Waals surface area contributed by atoms with Crippen LogP contribution in [0.5, 0.6) is 0 Å². The molecule has 7 heteroatoms. The van der Waals surface area contributed by atoms with Crippen molar-refractivity contribution in [2.45, 2.75) is 18.8 Å². The molecule has 1 fully saturated rings. The summed E-state index contributed by atoms with van der Waals surface area (Å²) in [6.45, 7) is 1.07. The minimum absolute atomic E-state index is 0.0312. The van der Waals surface area contributed by atoms with Crippen molar-refractivity contribution < 1.29 is 8.78 Å². The third-order valence-electron chi connectivity index (χ3n) is 4.68. The van der Waals surface area contributed by atoms with Crippen LogP contribution in [0.25, 0.3) is 16.7 Å². The Hall–Kier alpha value is -2.69. The number of halogens is 2. The number of hydrogen-bond acceptors (Lipinski definition) is 4. The van der Waals surface area contributed by atoms with Gasteiger partial charge >= 0.3 is 0 Å². The third-order valence-corrected chi connectivity index (χ3v) is 4.95. The molecule has 4 nitrogen and oxygen atoms in total. The van der Waals surface area contributed by atoms with Gasteiger partial charge in [-0.2, -0.15) is 5.26 Å². The molecule has 3 aromatic rings. The zero-order chi connectivity index (χ0) is 20.1. The lowest BCUT2D eigenvalue weighted by molar-refractivity contribution is -0.0504. The number of likely N-dealkylation sites (tertiary alicyclic amines) is 1. The van der Waals surface area contributed by atoms with Crippen LogP contribution in [0.4, 0.5) is 8.78 Å². The number of fused-ring (bicyclic) bond motifs is 1. The topological polar surface area (TPSA) is 44.9 Å². The number of benzene rings is 1. The van der Waals surface area contributed by atoms with Crippen molar-refractivity contribution >= 4 is 28.6 Å². The van der Waals surface area contributed by atoms with Gasteiger partial charge in [0.05, 0.1) is 11.6 Å². The highest BCUT2D eigenvalue weighted by molar-refractivity contribution is 7.79. The predicted octanol–water partition coefficient (Wildman–Crippen LogP) is 4.59. The molecule has 3 heterocycles. The number of nitrogens with zero attached hydrogens (tertiary/aromatic N) is 4. The number of aromatic nitrogens is 2. The predicted molar refractivity (Wildman–Crippen MR) is 110 cm³/mol. The summed E-state index contributed by atoms with van der Waals surface area (Å²) in [6.07, 6.45) is 3.79. The van der Waals surface area contributed by atoms with Gasteiger partial charge in [-0.1, -0.05) is 12.2 Å². The first-order valence-corrected chi connectivity index (χ1v) is 9.38. The third kappa shape index (κ3) is 4.77. The van der Waals surface area contributed by atoms with Crippen LogP contribution in [0.1, 0.15) is 24.0 Å². The maximum Gasteiger partial charge on any atom is 0.250 e. The van der Waals surface area contributed by atoms with Gasteiger partial charge in [-0.15, -0.1) is 0 Å². The zero-order valence-corrected chi connectivity index (χ0v) is 16.3. The molecule has 0 unspecified atom stereocenters. The SMILES string of the molecule is CN1CCC(F)(F)CC1.N#Cc1ccc(-n2ccc3cc(C=S)cnc32)cc1. The molecule has 28 heavy (non-hydrogen) atoms. The molecule has 0 radical (unpaired) electrons. The Morgan fingerprint density at radius 2 is 1.86 bits per heavy atom. The minimum Gasteiger partial charge on any atom is -0.306 e. The van der Waals surface area contributed by atoms with Gasteiger partial charge < -0.3 is 9.47 Å². The molecule has 0 atom stereocenters. The van der Waals surface area contributed by atoms with E-state index in [4.69, 9.17) is 17.5 Å². The number of hydrogen-bond donors (Lipinski definition) is 0. The van der Waals surface area contributed by atoms with E-state index in [1.165, 1.54) is 0 Å². The second-order valence-electron chi connectivity index (χ2n) is 6.80. The molecule has 1 saturated heterocycles. The second kappa shape index (κ2) is 8.55. The molecule has 1 aliphatic rings. The smallest absolute Gasteiger partial charge is 0.250 e. The van der Waals surface area contributed by atoms with Gasteiger partial charge in [0.1, 0.15) is 5.65 Å². The van der Waals surface area contributed by atoms with Crippen molar-refractivity contribution in [2.75, 3.05) is 20.1 Å². The molecule has 0 saturated carbocycles. The number of nitriles is 1. The first kappa shape index (κ1) is 20.1. The summed E-state index contributed by atoms with van der Waals surface area (Å²) in [4.78, 5) is 6.36. The van der Waals surface area contributed by atoms with E-state index in [1.54, 1.807) is 23.7 Å². The first-order valence-electron chi connectivity index (χ1n) is 8.91. The standard InChI is InChI=1S/C15H9N3S.C6H11F2N/c16-8-11-1-3-14(4-2-11)18-6-5-13-7-12(10-19)9-17-15(13)18;1-9-4-2-6(7,8)3-5-9/h1-7,9-10H;2-5H2,1H3. The molecule has 0 N–H and O–H groups in total. The molecule has 0 spiro atoms. The molecule has 0 amide bonds. The maximum atomic E-state index is 12.4.